The topological polar surface area (TPSA) is 98.6 Å². The highest BCUT2D eigenvalue weighted by Gasteiger charge is 2.27. The van der Waals surface area contributed by atoms with Crippen molar-refractivity contribution in [2.24, 2.45) is 0 Å². The van der Waals surface area contributed by atoms with Crippen molar-refractivity contribution in [3.05, 3.63) is 333 Å². The van der Waals surface area contributed by atoms with Gasteiger partial charge in [-0.05, 0) is 113 Å². The van der Waals surface area contributed by atoms with Gasteiger partial charge in [-0.2, -0.15) is 9.97 Å². The molecular weight excluding hydrogens is 1370 g/mol. The van der Waals surface area contributed by atoms with Gasteiger partial charge < -0.3 is 13.8 Å². The summed E-state index contributed by atoms with van der Waals surface area (Å²) in [6.45, 7) is 0. The van der Waals surface area contributed by atoms with Crippen molar-refractivity contribution in [1.82, 2.24) is 29.5 Å². The van der Waals surface area contributed by atoms with Gasteiger partial charge in [-0.1, -0.05) is 291 Å². The van der Waals surface area contributed by atoms with Gasteiger partial charge in [0.25, 0.3) is 0 Å². The fourth-order valence-electron chi connectivity index (χ4n) is 16.8. The number of hydrogen-bond acceptors (Lipinski definition) is 8. The molecule has 0 aliphatic heterocycles. The van der Waals surface area contributed by atoms with Crippen molar-refractivity contribution < 1.29 is 8.83 Å². The van der Waals surface area contributed by atoms with E-state index in [-0.39, 0.29) is 5.28 Å². The van der Waals surface area contributed by atoms with Crippen molar-refractivity contribution in [3.8, 4) is 50.7 Å². The molecule has 0 spiro atoms. The molecular formula is C96H55ClN6O2S2. The Kier molecular flexibility index (Phi) is 13.9. The third-order valence-electron chi connectivity index (χ3n) is 21.3. The maximum absolute atomic E-state index is 6.63. The number of halogens is 1. The molecule has 8 heterocycles. The van der Waals surface area contributed by atoms with Gasteiger partial charge in [0.05, 0.1) is 48.1 Å². The lowest BCUT2D eigenvalue weighted by atomic mass is 9.93. The predicted molar refractivity (Wildman–Crippen MR) is 451 cm³/mol. The van der Waals surface area contributed by atoms with Crippen molar-refractivity contribution >= 4 is 205 Å². The molecule has 0 aliphatic carbocycles. The standard InChI is InChI=1S/C48H27N3OS.C26H15ClN2O.C22H13NS/c1-2-14-28(15-3-1)29-26-27-34(31-17-5-4-16-30(29)31)44-43-36-21-9-12-24-39(36)52-47(43)50-48(49-44)51-38-23-11-8-20-35(38)41-32-18-6-7-19-33(32)42-37-22-10-13-25-40(37)53-46(42)45(41)51;27-26-28-24(23-21-12-6-7-13-22(21)30-25(23)29-26)20-15-14-17(16-8-2-1-3-9-16)18-10-4-5-11-19(18)20;1-2-8-14-13(7-1)19-15-9-3-5-11-17(15)23-21(19)22-20(14)16-10-4-6-12-18(16)24-22/h1-27H;1-15H;1-12,23H. The number of hydrogen-bond donors (Lipinski definition) is 1. The minimum Gasteiger partial charge on any atom is -0.438 e. The molecule has 8 aromatic heterocycles. The summed E-state index contributed by atoms with van der Waals surface area (Å²) < 4.78 is 20.1. The maximum atomic E-state index is 6.63. The Labute approximate surface area is 622 Å². The molecule has 0 atom stereocenters. The van der Waals surface area contributed by atoms with Crippen LogP contribution in [-0.4, -0.2) is 29.5 Å². The SMILES string of the molecule is Clc1nc(-c2ccc(-c3ccccc3)c3ccccc23)c2c(n1)oc1ccccc12.c1ccc(-c2ccc(-c3nc(-n4c5ccccc5c5c6ccccc6c6c7ccccc7sc6c54)nc4oc5ccccc5c34)c3ccccc23)cc1.c1ccc2c(c1)[nH]c1c3sc4ccccc4c3c3ccccc3c21. The van der Waals surface area contributed by atoms with Crippen LogP contribution in [0.4, 0.5) is 0 Å². The van der Waals surface area contributed by atoms with E-state index in [4.69, 9.17) is 30.4 Å². The molecule has 16 aromatic carbocycles. The summed E-state index contributed by atoms with van der Waals surface area (Å²) in [5.41, 5.74) is 15.7. The fraction of sp³-hybridized carbons (Fsp3) is 0. The molecule has 500 valence electrons. The first kappa shape index (κ1) is 61.2. The Hall–Kier alpha value is -13.4. The van der Waals surface area contributed by atoms with Crippen LogP contribution in [0.1, 0.15) is 0 Å². The van der Waals surface area contributed by atoms with E-state index in [1.165, 1.54) is 122 Å². The Morgan fingerprint density at radius 1 is 0.290 bits per heavy atom. The zero-order valence-electron chi connectivity index (χ0n) is 56.9. The van der Waals surface area contributed by atoms with E-state index in [1.807, 2.05) is 71.2 Å². The Morgan fingerprint density at radius 2 is 0.682 bits per heavy atom. The second-order valence-electron chi connectivity index (χ2n) is 27.1. The van der Waals surface area contributed by atoms with E-state index in [0.29, 0.717) is 17.4 Å². The second kappa shape index (κ2) is 24.4. The second-order valence-corrected chi connectivity index (χ2v) is 29.5. The molecule has 0 amide bonds. The predicted octanol–water partition coefficient (Wildman–Crippen LogP) is 27.8. The molecule has 0 bridgehead atoms. The molecule has 24 aromatic rings. The number of nitrogens with one attached hydrogen (secondary N) is 1. The molecule has 107 heavy (non-hydrogen) atoms. The van der Waals surface area contributed by atoms with Gasteiger partial charge in [-0.25, -0.2) is 9.97 Å². The third-order valence-corrected chi connectivity index (χ3v) is 23.8. The van der Waals surface area contributed by atoms with Crippen LogP contribution in [0.3, 0.4) is 0 Å². The van der Waals surface area contributed by atoms with E-state index in [1.54, 1.807) is 0 Å². The summed E-state index contributed by atoms with van der Waals surface area (Å²) in [5.74, 6) is 0.586. The smallest absolute Gasteiger partial charge is 0.238 e. The van der Waals surface area contributed by atoms with Crippen molar-refractivity contribution in [1.29, 1.82) is 0 Å². The lowest BCUT2D eigenvalue weighted by Crippen LogP contribution is -2.03. The zero-order valence-corrected chi connectivity index (χ0v) is 59.3. The highest BCUT2D eigenvalue weighted by molar-refractivity contribution is 7.27. The van der Waals surface area contributed by atoms with Gasteiger partial charge in [0.1, 0.15) is 11.2 Å². The number of thiophene rings is 2. The number of benzene rings is 16. The van der Waals surface area contributed by atoms with E-state index in [0.717, 1.165) is 82.4 Å². The van der Waals surface area contributed by atoms with E-state index >= 15 is 0 Å². The van der Waals surface area contributed by atoms with Crippen LogP contribution in [0, 0.1) is 0 Å². The van der Waals surface area contributed by atoms with Crippen LogP contribution in [0.2, 0.25) is 5.28 Å². The summed E-state index contributed by atoms with van der Waals surface area (Å²) in [7, 11) is 0. The van der Waals surface area contributed by atoms with Crippen LogP contribution >= 0.6 is 34.3 Å². The van der Waals surface area contributed by atoms with Gasteiger partial charge in [-0.3, -0.25) is 4.57 Å². The monoisotopic (exact) mass is 1420 g/mol. The summed E-state index contributed by atoms with van der Waals surface area (Å²) in [6, 6.07) is 115. The Balaban J connectivity index is 0.000000111. The molecule has 0 saturated carbocycles. The van der Waals surface area contributed by atoms with Crippen molar-refractivity contribution in [2.45, 2.75) is 0 Å². The molecule has 0 fully saturated rings. The highest BCUT2D eigenvalue weighted by atomic mass is 35.5. The Morgan fingerprint density at radius 3 is 1.24 bits per heavy atom. The van der Waals surface area contributed by atoms with Crippen LogP contribution in [0.25, 0.3) is 222 Å². The van der Waals surface area contributed by atoms with E-state index < -0.39 is 0 Å². The summed E-state index contributed by atoms with van der Waals surface area (Å²) in [5, 5.41) is 24.0. The van der Waals surface area contributed by atoms with Crippen molar-refractivity contribution in [3.63, 3.8) is 0 Å². The van der Waals surface area contributed by atoms with Crippen LogP contribution in [0.5, 0.6) is 0 Å². The zero-order chi connectivity index (χ0) is 70.4. The Bertz CT molecular complexity index is 7690. The third kappa shape index (κ3) is 9.53. The number of H-pyrrole nitrogens is 1. The number of rotatable bonds is 5. The number of para-hydroxylation sites is 4. The lowest BCUT2D eigenvalue weighted by molar-refractivity contribution is 0.651. The van der Waals surface area contributed by atoms with Gasteiger partial charge in [-0.15, -0.1) is 22.7 Å². The minimum absolute atomic E-state index is 0.174. The van der Waals surface area contributed by atoms with Crippen LogP contribution in [-0.2, 0) is 0 Å². The molecule has 11 heteroatoms. The molecule has 0 aliphatic rings. The molecule has 8 nitrogen and oxygen atoms in total. The molecule has 1 N–H and O–H groups in total. The molecule has 0 saturated heterocycles. The number of aromatic nitrogens is 6. The maximum Gasteiger partial charge on any atom is 0.238 e. The quantitative estimate of drug-likeness (QED) is 0.172. The first-order valence-corrected chi connectivity index (χ1v) is 37.7. The highest BCUT2D eigenvalue weighted by Crippen LogP contribution is 2.51. The first-order chi connectivity index (χ1) is 53.0. The van der Waals surface area contributed by atoms with Gasteiger partial charge in [0.2, 0.25) is 22.7 Å². The van der Waals surface area contributed by atoms with Crippen LogP contribution < -0.4 is 0 Å². The molecule has 24 rings (SSSR count). The van der Waals surface area contributed by atoms with Gasteiger partial charge in [0, 0.05) is 79.9 Å². The number of aromatic amines is 1. The molecule has 0 unspecified atom stereocenters. The number of fused-ring (bicyclic) bond motifs is 28. The van der Waals surface area contributed by atoms with E-state index in [9.17, 15) is 0 Å². The largest absolute Gasteiger partial charge is 0.438 e. The summed E-state index contributed by atoms with van der Waals surface area (Å²) in [6.07, 6.45) is 0. The van der Waals surface area contributed by atoms with Crippen molar-refractivity contribution in [2.75, 3.05) is 0 Å². The minimum atomic E-state index is 0.174. The summed E-state index contributed by atoms with van der Waals surface area (Å²) in [4.78, 5) is 23.6. The lowest BCUT2D eigenvalue weighted by Gasteiger charge is -2.14. The first-order valence-electron chi connectivity index (χ1n) is 35.7. The van der Waals surface area contributed by atoms with Gasteiger partial charge in [0.15, 0.2) is 0 Å². The van der Waals surface area contributed by atoms with Gasteiger partial charge >= 0.3 is 0 Å². The van der Waals surface area contributed by atoms with Crippen LogP contribution in [0.15, 0.2) is 336 Å². The summed E-state index contributed by atoms with van der Waals surface area (Å²) >= 11 is 10.0. The molecule has 0 radical (unpaired) electrons. The number of furan rings is 2. The fourth-order valence-corrected chi connectivity index (χ4v) is 19.4. The average Bonchev–Trinajstić information content (AvgIpc) is 1.54. The number of nitrogens with zero attached hydrogens (tertiary/aromatic N) is 5. The average molecular weight is 1420 g/mol. The normalized spacial score (nSPS) is 12.0. The van der Waals surface area contributed by atoms with E-state index in [2.05, 4.69) is 299 Å².